The van der Waals surface area contributed by atoms with Crippen LogP contribution in [0.1, 0.15) is 38.2 Å². The predicted molar refractivity (Wildman–Crippen MR) is 79.0 cm³/mol. The van der Waals surface area contributed by atoms with E-state index in [2.05, 4.69) is 23.9 Å². The number of benzene rings is 1. The average Bonchev–Trinajstić information content (AvgIpc) is 2.80. The van der Waals surface area contributed by atoms with Gasteiger partial charge in [-0.25, -0.2) is 8.42 Å². The van der Waals surface area contributed by atoms with Gasteiger partial charge in [0.25, 0.3) is 0 Å². The van der Waals surface area contributed by atoms with Crippen LogP contribution in [0.15, 0.2) is 24.3 Å². The summed E-state index contributed by atoms with van der Waals surface area (Å²) in [5, 5.41) is 3.22. The summed E-state index contributed by atoms with van der Waals surface area (Å²) < 4.78 is 27.1. The van der Waals surface area contributed by atoms with Crippen LogP contribution in [-0.4, -0.2) is 26.8 Å². The van der Waals surface area contributed by atoms with E-state index < -0.39 is 10.0 Å². The molecule has 0 bridgehead atoms. The molecule has 1 fully saturated rings. The van der Waals surface area contributed by atoms with Gasteiger partial charge < -0.3 is 5.32 Å². The molecule has 0 amide bonds. The third kappa shape index (κ3) is 3.94. The van der Waals surface area contributed by atoms with Crippen molar-refractivity contribution in [2.75, 3.05) is 17.0 Å². The second-order valence-electron chi connectivity index (χ2n) is 5.42. The molecule has 2 rings (SSSR count). The molecule has 1 saturated heterocycles. The highest BCUT2D eigenvalue weighted by Crippen LogP contribution is 2.24. The highest BCUT2D eigenvalue weighted by Gasteiger charge is 2.22. The van der Waals surface area contributed by atoms with Crippen LogP contribution in [-0.2, 0) is 10.0 Å². The maximum Gasteiger partial charge on any atom is 0.234 e. The monoisotopic (exact) mass is 282 g/mol. The van der Waals surface area contributed by atoms with E-state index >= 15 is 0 Å². The van der Waals surface area contributed by atoms with Gasteiger partial charge in [-0.2, -0.15) is 0 Å². The maximum atomic E-state index is 12.2. The molecule has 1 aliphatic rings. The molecule has 0 aliphatic carbocycles. The van der Waals surface area contributed by atoms with Crippen molar-refractivity contribution < 1.29 is 8.42 Å². The number of hydrogen-bond donors (Lipinski definition) is 2. The molecule has 1 aromatic carbocycles. The summed E-state index contributed by atoms with van der Waals surface area (Å²) in [4.78, 5) is 0. The highest BCUT2D eigenvalue weighted by atomic mass is 32.2. The first kappa shape index (κ1) is 14.3. The molecule has 0 saturated carbocycles. The van der Waals surface area contributed by atoms with Gasteiger partial charge in [0.2, 0.25) is 10.0 Å². The minimum atomic E-state index is -3.29. The first-order valence-corrected chi connectivity index (χ1v) is 8.46. The number of sulfonamides is 1. The van der Waals surface area contributed by atoms with Crippen molar-refractivity contribution in [3.8, 4) is 0 Å². The minimum absolute atomic E-state index is 0.0868. The summed E-state index contributed by atoms with van der Waals surface area (Å²) in [5.74, 6) is 0.447. The topological polar surface area (TPSA) is 58.2 Å². The highest BCUT2D eigenvalue weighted by molar-refractivity contribution is 7.92. The Bertz CT molecular complexity index is 520. The quantitative estimate of drug-likeness (QED) is 0.871. The number of anilines is 1. The fourth-order valence-corrected chi connectivity index (χ4v) is 3.88. The Labute approximate surface area is 115 Å². The molecule has 1 atom stereocenters. The molecule has 19 heavy (non-hydrogen) atoms. The SMILES string of the molecule is CC(C)c1ccccc1NS(=O)(=O)CC1CCCN1. The number of rotatable bonds is 5. The van der Waals surface area contributed by atoms with Crippen molar-refractivity contribution in [1.29, 1.82) is 0 Å². The third-order valence-corrected chi connectivity index (χ3v) is 4.80. The van der Waals surface area contributed by atoms with Crippen LogP contribution in [0.5, 0.6) is 0 Å². The van der Waals surface area contributed by atoms with Crippen molar-refractivity contribution >= 4 is 15.7 Å². The zero-order chi connectivity index (χ0) is 13.9. The first-order valence-electron chi connectivity index (χ1n) is 6.81. The number of para-hydroxylation sites is 1. The zero-order valence-corrected chi connectivity index (χ0v) is 12.3. The summed E-state index contributed by atoms with van der Waals surface area (Å²) >= 11 is 0. The molecule has 2 N–H and O–H groups in total. The van der Waals surface area contributed by atoms with Gasteiger partial charge in [0.1, 0.15) is 0 Å². The second-order valence-corrected chi connectivity index (χ2v) is 7.19. The molecule has 0 aromatic heterocycles. The molecule has 1 heterocycles. The smallest absolute Gasteiger partial charge is 0.234 e. The van der Waals surface area contributed by atoms with Gasteiger partial charge in [-0.1, -0.05) is 32.0 Å². The van der Waals surface area contributed by atoms with Gasteiger partial charge >= 0.3 is 0 Å². The molecular formula is C14H22N2O2S. The van der Waals surface area contributed by atoms with Gasteiger partial charge in [0.05, 0.1) is 11.4 Å². The van der Waals surface area contributed by atoms with E-state index in [9.17, 15) is 8.42 Å². The third-order valence-electron chi connectivity index (χ3n) is 3.43. The van der Waals surface area contributed by atoms with Crippen LogP contribution >= 0.6 is 0 Å². The summed E-state index contributed by atoms with van der Waals surface area (Å²) in [6.45, 7) is 5.04. The molecule has 0 radical (unpaired) electrons. The van der Waals surface area contributed by atoms with Gasteiger partial charge in [0, 0.05) is 6.04 Å². The normalized spacial score (nSPS) is 19.8. The lowest BCUT2D eigenvalue weighted by Gasteiger charge is -2.16. The number of hydrogen-bond acceptors (Lipinski definition) is 3. The lowest BCUT2D eigenvalue weighted by atomic mass is 10.0. The lowest BCUT2D eigenvalue weighted by molar-refractivity contribution is 0.581. The van der Waals surface area contributed by atoms with Gasteiger partial charge in [0.15, 0.2) is 0 Å². The van der Waals surface area contributed by atoms with Crippen molar-refractivity contribution in [3.05, 3.63) is 29.8 Å². The van der Waals surface area contributed by atoms with Crippen LogP contribution in [0.25, 0.3) is 0 Å². The van der Waals surface area contributed by atoms with E-state index in [1.165, 1.54) is 0 Å². The summed E-state index contributed by atoms with van der Waals surface area (Å²) in [6, 6.07) is 7.68. The number of nitrogens with one attached hydrogen (secondary N) is 2. The molecule has 1 unspecified atom stereocenters. The van der Waals surface area contributed by atoms with Crippen molar-refractivity contribution in [1.82, 2.24) is 5.32 Å². The molecule has 4 nitrogen and oxygen atoms in total. The van der Waals surface area contributed by atoms with Crippen LogP contribution in [0.4, 0.5) is 5.69 Å². The molecule has 1 aliphatic heterocycles. The summed E-state index contributed by atoms with van der Waals surface area (Å²) in [6.07, 6.45) is 2.00. The maximum absolute atomic E-state index is 12.2. The van der Waals surface area contributed by atoms with Crippen molar-refractivity contribution in [3.63, 3.8) is 0 Å². The van der Waals surface area contributed by atoms with Crippen LogP contribution < -0.4 is 10.0 Å². The van der Waals surface area contributed by atoms with E-state index in [-0.39, 0.29) is 11.8 Å². The molecule has 0 spiro atoms. The summed E-state index contributed by atoms with van der Waals surface area (Å²) in [7, 11) is -3.29. The van der Waals surface area contributed by atoms with E-state index in [0.29, 0.717) is 11.6 Å². The fraction of sp³-hybridized carbons (Fsp3) is 0.571. The van der Waals surface area contributed by atoms with E-state index in [0.717, 1.165) is 24.9 Å². The van der Waals surface area contributed by atoms with Crippen LogP contribution in [0.2, 0.25) is 0 Å². The van der Waals surface area contributed by atoms with E-state index in [4.69, 9.17) is 0 Å². The van der Waals surface area contributed by atoms with E-state index in [1.807, 2.05) is 24.3 Å². The lowest BCUT2D eigenvalue weighted by Crippen LogP contribution is -2.33. The Kier molecular flexibility index (Phi) is 4.47. The van der Waals surface area contributed by atoms with E-state index in [1.54, 1.807) is 0 Å². The molecule has 1 aromatic rings. The Morgan fingerprint density at radius 1 is 1.37 bits per heavy atom. The Hall–Kier alpha value is -1.07. The Morgan fingerprint density at radius 3 is 2.74 bits per heavy atom. The van der Waals surface area contributed by atoms with Crippen LogP contribution in [0.3, 0.4) is 0 Å². The Morgan fingerprint density at radius 2 is 2.11 bits per heavy atom. The average molecular weight is 282 g/mol. The van der Waals surface area contributed by atoms with Crippen molar-refractivity contribution in [2.24, 2.45) is 0 Å². The van der Waals surface area contributed by atoms with Gasteiger partial charge in [-0.15, -0.1) is 0 Å². The minimum Gasteiger partial charge on any atom is -0.313 e. The second kappa shape index (κ2) is 5.92. The van der Waals surface area contributed by atoms with Gasteiger partial charge in [-0.05, 0) is 36.9 Å². The standard InChI is InChI=1S/C14H22N2O2S/c1-11(2)13-7-3-4-8-14(13)16-19(17,18)10-12-6-5-9-15-12/h3-4,7-8,11-12,15-16H,5-6,9-10H2,1-2H3. The summed E-state index contributed by atoms with van der Waals surface area (Å²) in [5.41, 5.74) is 1.74. The van der Waals surface area contributed by atoms with Crippen molar-refractivity contribution in [2.45, 2.75) is 38.6 Å². The Balaban J connectivity index is 2.11. The van der Waals surface area contributed by atoms with Crippen LogP contribution in [0, 0.1) is 0 Å². The molecule has 5 heteroatoms. The molecule has 106 valence electrons. The molecular weight excluding hydrogens is 260 g/mol. The predicted octanol–water partition coefficient (Wildman–Crippen LogP) is 2.30. The zero-order valence-electron chi connectivity index (χ0n) is 11.5. The fourth-order valence-electron chi connectivity index (χ4n) is 2.47. The van der Waals surface area contributed by atoms with Gasteiger partial charge in [-0.3, -0.25) is 4.72 Å². The largest absolute Gasteiger partial charge is 0.313 e. The first-order chi connectivity index (χ1) is 8.98.